The largest absolute Gasteiger partial charge is 0.296 e. The number of H-pyrrole nitrogens is 1. The Kier molecular flexibility index (Phi) is 3.80. The number of nitro groups is 1. The van der Waals surface area contributed by atoms with Crippen molar-refractivity contribution in [2.45, 2.75) is 6.92 Å². The van der Waals surface area contributed by atoms with Crippen LogP contribution >= 0.6 is 12.2 Å². The SMILES string of the molecule is Cc1n[nH]c(=S)n(/N=C\c2cccc([N+](=O)[O-])c2)c1=O. The van der Waals surface area contributed by atoms with Crippen LogP contribution in [0.3, 0.4) is 0 Å². The van der Waals surface area contributed by atoms with E-state index in [2.05, 4.69) is 15.3 Å². The number of benzene rings is 1. The zero-order valence-corrected chi connectivity index (χ0v) is 11.1. The van der Waals surface area contributed by atoms with E-state index in [4.69, 9.17) is 12.2 Å². The first-order chi connectivity index (χ1) is 9.49. The van der Waals surface area contributed by atoms with Gasteiger partial charge in [-0.15, -0.1) is 0 Å². The van der Waals surface area contributed by atoms with Crippen LogP contribution in [0.2, 0.25) is 0 Å². The predicted molar refractivity (Wildman–Crippen MR) is 74.5 cm³/mol. The number of rotatable bonds is 3. The van der Waals surface area contributed by atoms with Gasteiger partial charge in [-0.25, -0.2) is 0 Å². The van der Waals surface area contributed by atoms with Crippen LogP contribution in [-0.2, 0) is 0 Å². The number of aryl methyl sites for hydroxylation is 1. The molecule has 0 fully saturated rings. The minimum atomic E-state index is -0.508. The van der Waals surface area contributed by atoms with Gasteiger partial charge < -0.3 is 0 Å². The molecule has 0 spiro atoms. The van der Waals surface area contributed by atoms with E-state index < -0.39 is 10.5 Å². The highest BCUT2D eigenvalue weighted by atomic mass is 32.1. The van der Waals surface area contributed by atoms with Gasteiger partial charge in [0.25, 0.3) is 11.2 Å². The van der Waals surface area contributed by atoms with Gasteiger partial charge in [0.15, 0.2) is 0 Å². The third-order valence-electron chi connectivity index (χ3n) is 2.42. The van der Waals surface area contributed by atoms with Crippen molar-refractivity contribution in [3.05, 3.63) is 60.8 Å². The Balaban J connectivity index is 2.42. The summed E-state index contributed by atoms with van der Waals surface area (Å²) in [6.45, 7) is 1.52. The molecule has 8 nitrogen and oxygen atoms in total. The normalized spacial score (nSPS) is 10.8. The summed E-state index contributed by atoms with van der Waals surface area (Å²) in [6, 6.07) is 5.87. The fraction of sp³-hybridized carbons (Fsp3) is 0.0909. The third kappa shape index (κ3) is 2.83. The fourth-order valence-electron chi connectivity index (χ4n) is 1.42. The van der Waals surface area contributed by atoms with Gasteiger partial charge in [0.2, 0.25) is 4.77 Å². The van der Waals surface area contributed by atoms with Crippen LogP contribution < -0.4 is 5.56 Å². The molecule has 102 valence electrons. The molecule has 0 aliphatic rings. The van der Waals surface area contributed by atoms with Crippen molar-refractivity contribution in [2.75, 3.05) is 0 Å². The van der Waals surface area contributed by atoms with E-state index in [9.17, 15) is 14.9 Å². The molecular weight excluding hydrogens is 282 g/mol. The molecule has 0 saturated carbocycles. The van der Waals surface area contributed by atoms with Crippen molar-refractivity contribution in [1.82, 2.24) is 14.9 Å². The summed E-state index contributed by atoms with van der Waals surface area (Å²) in [6.07, 6.45) is 1.32. The van der Waals surface area contributed by atoms with Gasteiger partial charge in [-0.3, -0.25) is 20.0 Å². The van der Waals surface area contributed by atoms with E-state index in [0.29, 0.717) is 5.56 Å². The smallest absolute Gasteiger partial charge is 0.265 e. The zero-order chi connectivity index (χ0) is 14.7. The first-order valence-corrected chi connectivity index (χ1v) is 5.87. The van der Waals surface area contributed by atoms with E-state index >= 15 is 0 Å². The first-order valence-electron chi connectivity index (χ1n) is 5.46. The molecule has 2 aromatic rings. The summed E-state index contributed by atoms with van der Waals surface area (Å²) in [4.78, 5) is 21.9. The highest BCUT2D eigenvalue weighted by Gasteiger charge is 2.05. The van der Waals surface area contributed by atoms with Crippen molar-refractivity contribution < 1.29 is 4.92 Å². The maximum absolute atomic E-state index is 11.8. The molecule has 0 aliphatic heterocycles. The lowest BCUT2D eigenvalue weighted by atomic mass is 10.2. The summed E-state index contributed by atoms with van der Waals surface area (Å²) in [5.41, 5.74) is 0.192. The van der Waals surface area contributed by atoms with Gasteiger partial charge in [0, 0.05) is 17.7 Å². The molecule has 0 aliphatic carbocycles. The van der Waals surface area contributed by atoms with Gasteiger partial charge in [-0.05, 0) is 19.1 Å². The Hall–Kier alpha value is -2.68. The second-order valence-electron chi connectivity index (χ2n) is 3.83. The summed E-state index contributed by atoms with van der Waals surface area (Å²) in [7, 11) is 0. The van der Waals surface area contributed by atoms with Crippen LogP contribution in [0.25, 0.3) is 0 Å². The fourth-order valence-corrected chi connectivity index (χ4v) is 1.60. The quantitative estimate of drug-likeness (QED) is 0.398. The number of aromatic nitrogens is 3. The molecule has 0 bridgehead atoms. The Morgan fingerprint density at radius 1 is 1.55 bits per heavy atom. The summed E-state index contributed by atoms with van der Waals surface area (Å²) in [5.74, 6) is 0. The number of hydrogen-bond donors (Lipinski definition) is 1. The van der Waals surface area contributed by atoms with Crippen molar-refractivity contribution in [3.63, 3.8) is 0 Å². The summed E-state index contributed by atoms with van der Waals surface area (Å²) < 4.78 is 1.01. The monoisotopic (exact) mass is 291 g/mol. The average molecular weight is 291 g/mol. The topological polar surface area (TPSA) is 106 Å². The Morgan fingerprint density at radius 2 is 2.30 bits per heavy atom. The molecule has 0 amide bonds. The molecule has 9 heteroatoms. The first kappa shape index (κ1) is 13.7. The number of nitrogens with one attached hydrogen (secondary N) is 1. The minimum absolute atomic E-state index is 0.0438. The number of hydrogen-bond acceptors (Lipinski definition) is 6. The number of aromatic amines is 1. The molecule has 20 heavy (non-hydrogen) atoms. The van der Waals surface area contributed by atoms with Crippen molar-refractivity contribution in [3.8, 4) is 0 Å². The molecule has 2 rings (SSSR count). The molecule has 1 aromatic heterocycles. The van der Waals surface area contributed by atoms with Gasteiger partial charge in [-0.2, -0.15) is 14.9 Å². The van der Waals surface area contributed by atoms with E-state index in [1.807, 2.05) is 0 Å². The summed E-state index contributed by atoms with van der Waals surface area (Å²) in [5, 5.41) is 20.8. The van der Waals surface area contributed by atoms with Crippen LogP contribution in [0.4, 0.5) is 5.69 Å². The molecule has 0 saturated heterocycles. The molecule has 0 radical (unpaired) electrons. The maximum atomic E-state index is 11.8. The molecular formula is C11H9N5O3S. The van der Waals surface area contributed by atoms with Gasteiger partial charge >= 0.3 is 0 Å². The molecule has 1 aromatic carbocycles. The zero-order valence-electron chi connectivity index (χ0n) is 10.3. The molecule has 1 heterocycles. The average Bonchev–Trinajstić information content (AvgIpc) is 2.43. The van der Waals surface area contributed by atoms with Gasteiger partial charge in [0.1, 0.15) is 5.69 Å². The third-order valence-corrected chi connectivity index (χ3v) is 2.68. The highest BCUT2D eigenvalue weighted by Crippen LogP contribution is 2.11. The predicted octanol–water partition coefficient (Wildman–Crippen LogP) is 1.40. The van der Waals surface area contributed by atoms with E-state index in [-0.39, 0.29) is 16.2 Å². The second-order valence-corrected chi connectivity index (χ2v) is 4.21. The van der Waals surface area contributed by atoms with Crippen LogP contribution in [-0.4, -0.2) is 26.0 Å². The Labute approximate surface area is 117 Å². The highest BCUT2D eigenvalue weighted by molar-refractivity contribution is 7.71. The van der Waals surface area contributed by atoms with Crippen LogP contribution in [0, 0.1) is 21.8 Å². The molecule has 0 unspecified atom stereocenters. The lowest BCUT2D eigenvalue weighted by Gasteiger charge is -1.99. The number of non-ortho nitro benzene ring substituents is 1. The van der Waals surface area contributed by atoms with E-state index in [1.165, 1.54) is 31.3 Å². The standard InChI is InChI=1S/C11H9N5O3S/c1-7-10(17)15(11(20)14-13-7)12-6-8-3-2-4-9(5-8)16(18)19/h2-6H,1H3,(H,14,20)/b12-6-. The Bertz CT molecular complexity index is 808. The minimum Gasteiger partial charge on any atom is -0.265 e. The second kappa shape index (κ2) is 5.53. The van der Waals surface area contributed by atoms with Crippen molar-refractivity contribution in [2.24, 2.45) is 5.10 Å². The van der Waals surface area contributed by atoms with Crippen molar-refractivity contribution >= 4 is 24.1 Å². The molecule has 0 atom stereocenters. The maximum Gasteiger partial charge on any atom is 0.296 e. The van der Waals surface area contributed by atoms with E-state index in [0.717, 1.165) is 4.68 Å². The number of nitro benzene ring substituents is 1. The van der Waals surface area contributed by atoms with Gasteiger partial charge in [-0.1, -0.05) is 12.1 Å². The Morgan fingerprint density at radius 3 is 3.00 bits per heavy atom. The van der Waals surface area contributed by atoms with Crippen LogP contribution in [0.5, 0.6) is 0 Å². The van der Waals surface area contributed by atoms with Crippen molar-refractivity contribution in [1.29, 1.82) is 0 Å². The van der Waals surface area contributed by atoms with Crippen LogP contribution in [0.15, 0.2) is 34.2 Å². The number of nitrogens with zero attached hydrogens (tertiary/aromatic N) is 4. The van der Waals surface area contributed by atoms with Crippen LogP contribution in [0.1, 0.15) is 11.3 Å². The summed E-state index contributed by atoms with van der Waals surface area (Å²) >= 11 is 4.90. The molecule has 1 N–H and O–H groups in total. The lowest BCUT2D eigenvalue weighted by molar-refractivity contribution is -0.384. The lowest BCUT2D eigenvalue weighted by Crippen LogP contribution is -2.22. The van der Waals surface area contributed by atoms with Gasteiger partial charge in [0.05, 0.1) is 11.1 Å². The van der Waals surface area contributed by atoms with E-state index in [1.54, 1.807) is 6.07 Å².